The van der Waals surface area contributed by atoms with Gasteiger partial charge in [-0.1, -0.05) is 32.4 Å². The molecule has 0 N–H and O–H groups in total. The first-order valence-corrected chi connectivity index (χ1v) is 6.67. The maximum atomic E-state index is 11.6. The Bertz CT molecular complexity index is 426. The number of rotatable bonds is 7. The molecule has 1 aromatic rings. The van der Waals surface area contributed by atoms with Gasteiger partial charge in [0.05, 0.1) is 0 Å². The SMILES string of the molecule is CCCCC(=O)Oc1ccccc1OC(=O)CCC. The van der Waals surface area contributed by atoms with Gasteiger partial charge in [0.25, 0.3) is 0 Å². The predicted octanol–water partition coefficient (Wildman–Crippen LogP) is 3.49. The second kappa shape index (κ2) is 8.29. The maximum absolute atomic E-state index is 11.6. The highest BCUT2D eigenvalue weighted by Crippen LogP contribution is 2.27. The number of carbonyl (C=O) groups is 2. The van der Waals surface area contributed by atoms with E-state index in [-0.39, 0.29) is 11.9 Å². The summed E-state index contributed by atoms with van der Waals surface area (Å²) in [6.07, 6.45) is 3.15. The quantitative estimate of drug-likeness (QED) is 0.559. The van der Waals surface area contributed by atoms with Crippen LogP contribution in [0.3, 0.4) is 0 Å². The van der Waals surface area contributed by atoms with Crippen LogP contribution in [0.25, 0.3) is 0 Å². The number of unbranched alkanes of at least 4 members (excludes halogenated alkanes) is 1. The molecule has 0 aliphatic heterocycles. The van der Waals surface area contributed by atoms with Gasteiger partial charge in [-0.25, -0.2) is 0 Å². The minimum Gasteiger partial charge on any atom is -0.423 e. The van der Waals surface area contributed by atoms with Crippen LogP contribution in [0, 0.1) is 0 Å². The molecular weight excluding hydrogens is 244 g/mol. The van der Waals surface area contributed by atoms with E-state index in [1.165, 1.54) is 0 Å². The van der Waals surface area contributed by atoms with Gasteiger partial charge in [0, 0.05) is 12.8 Å². The van der Waals surface area contributed by atoms with Gasteiger partial charge in [-0.2, -0.15) is 0 Å². The molecule has 4 nitrogen and oxygen atoms in total. The molecule has 4 heteroatoms. The Kier molecular flexibility index (Phi) is 6.64. The summed E-state index contributed by atoms with van der Waals surface area (Å²) in [7, 11) is 0. The zero-order valence-electron chi connectivity index (χ0n) is 11.5. The number of carbonyl (C=O) groups excluding carboxylic acids is 2. The molecule has 0 bridgehead atoms. The van der Waals surface area contributed by atoms with Crippen LogP contribution in [0.5, 0.6) is 11.5 Å². The lowest BCUT2D eigenvalue weighted by Gasteiger charge is -2.09. The van der Waals surface area contributed by atoms with Crippen molar-refractivity contribution in [2.75, 3.05) is 0 Å². The van der Waals surface area contributed by atoms with Crippen LogP contribution >= 0.6 is 0 Å². The van der Waals surface area contributed by atoms with Crippen LogP contribution < -0.4 is 9.47 Å². The molecule has 0 saturated heterocycles. The normalized spacial score (nSPS) is 10.0. The van der Waals surface area contributed by atoms with Crippen molar-refractivity contribution in [2.24, 2.45) is 0 Å². The Morgan fingerprint density at radius 2 is 1.42 bits per heavy atom. The first kappa shape index (κ1) is 15.2. The highest BCUT2D eigenvalue weighted by molar-refractivity contribution is 5.76. The van der Waals surface area contributed by atoms with Gasteiger partial charge in [0.15, 0.2) is 11.5 Å². The Labute approximate surface area is 113 Å². The molecule has 104 valence electrons. The number of benzene rings is 1. The fraction of sp³-hybridized carbons (Fsp3) is 0.467. The molecule has 1 aromatic carbocycles. The molecule has 0 amide bonds. The van der Waals surface area contributed by atoms with Crippen molar-refractivity contribution in [2.45, 2.75) is 46.0 Å². The molecule has 0 radical (unpaired) electrons. The van der Waals surface area contributed by atoms with Crippen LogP contribution in [-0.4, -0.2) is 11.9 Å². The van der Waals surface area contributed by atoms with E-state index in [0.29, 0.717) is 24.3 Å². The Hall–Kier alpha value is -1.84. The molecule has 0 heterocycles. The van der Waals surface area contributed by atoms with Crippen LogP contribution in [0.15, 0.2) is 24.3 Å². The summed E-state index contributed by atoms with van der Waals surface area (Å²) in [5.74, 6) is -0.0285. The van der Waals surface area contributed by atoms with Crippen molar-refractivity contribution in [3.05, 3.63) is 24.3 Å². The van der Waals surface area contributed by atoms with Crippen molar-refractivity contribution in [3.63, 3.8) is 0 Å². The lowest BCUT2D eigenvalue weighted by Crippen LogP contribution is -2.11. The number of esters is 2. The molecule has 0 aromatic heterocycles. The third-order valence-corrected chi connectivity index (χ3v) is 2.49. The van der Waals surface area contributed by atoms with Gasteiger partial charge in [0.1, 0.15) is 0 Å². The summed E-state index contributed by atoms with van der Waals surface area (Å²) in [6.45, 7) is 3.91. The fourth-order valence-electron chi connectivity index (χ4n) is 1.49. The van der Waals surface area contributed by atoms with E-state index < -0.39 is 0 Å². The van der Waals surface area contributed by atoms with Crippen LogP contribution in [0.1, 0.15) is 46.0 Å². The molecule has 0 saturated carbocycles. The summed E-state index contributed by atoms with van der Waals surface area (Å²) in [5, 5.41) is 0. The van der Waals surface area contributed by atoms with Gasteiger partial charge in [0.2, 0.25) is 0 Å². The number of para-hydroxylation sites is 2. The number of ether oxygens (including phenoxy) is 2. The van der Waals surface area contributed by atoms with E-state index >= 15 is 0 Å². The van der Waals surface area contributed by atoms with Crippen molar-refractivity contribution in [1.29, 1.82) is 0 Å². The van der Waals surface area contributed by atoms with E-state index in [9.17, 15) is 9.59 Å². The van der Waals surface area contributed by atoms with Crippen LogP contribution in [0.4, 0.5) is 0 Å². The third-order valence-electron chi connectivity index (χ3n) is 2.49. The smallest absolute Gasteiger partial charge is 0.311 e. The van der Waals surface area contributed by atoms with Crippen molar-refractivity contribution >= 4 is 11.9 Å². The monoisotopic (exact) mass is 264 g/mol. The first-order valence-electron chi connectivity index (χ1n) is 6.67. The zero-order chi connectivity index (χ0) is 14.1. The molecule has 0 fully saturated rings. The molecule has 0 aliphatic carbocycles. The predicted molar refractivity (Wildman–Crippen MR) is 72.1 cm³/mol. The summed E-state index contributed by atoms with van der Waals surface area (Å²) < 4.78 is 10.4. The Balaban J connectivity index is 2.67. The van der Waals surface area contributed by atoms with E-state index in [2.05, 4.69) is 0 Å². The van der Waals surface area contributed by atoms with E-state index in [4.69, 9.17) is 9.47 Å². The van der Waals surface area contributed by atoms with Crippen LogP contribution in [-0.2, 0) is 9.59 Å². The summed E-state index contributed by atoms with van der Waals surface area (Å²) in [4.78, 5) is 23.0. The maximum Gasteiger partial charge on any atom is 0.311 e. The largest absolute Gasteiger partial charge is 0.423 e. The second-order valence-electron chi connectivity index (χ2n) is 4.25. The average Bonchev–Trinajstić information content (AvgIpc) is 2.39. The van der Waals surface area contributed by atoms with E-state index in [1.54, 1.807) is 24.3 Å². The van der Waals surface area contributed by atoms with E-state index in [0.717, 1.165) is 19.3 Å². The molecule has 0 atom stereocenters. The van der Waals surface area contributed by atoms with Crippen LogP contribution in [0.2, 0.25) is 0 Å². The standard InChI is InChI=1S/C15H20O4/c1-3-5-11-15(17)19-13-10-7-6-9-12(13)18-14(16)8-4-2/h6-7,9-10H,3-5,8,11H2,1-2H3. The van der Waals surface area contributed by atoms with Crippen molar-refractivity contribution in [1.82, 2.24) is 0 Å². The zero-order valence-corrected chi connectivity index (χ0v) is 11.5. The van der Waals surface area contributed by atoms with Crippen molar-refractivity contribution < 1.29 is 19.1 Å². The highest BCUT2D eigenvalue weighted by Gasteiger charge is 2.12. The minimum atomic E-state index is -0.320. The minimum absolute atomic E-state index is 0.297. The van der Waals surface area contributed by atoms with Gasteiger partial charge < -0.3 is 9.47 Å². The first-order chi connectivity index (χ1) is 9.17. The fourth-order valence-corrected chi connectivity index (χ4v) is 1.49. The summed E-state index contributed by atoms with van der Waals surface area (Å²) >= 11 is 0. The summed E-state index contributed by atoms with van der Waals surface area (Å²) in [6, 6.07) is 6.71. The van der Waals surface area contributed by atoms with E-state index in [1.807, 2.05) is 13.8 Å². The third kappa shape index (κ3) is 5.55. The van der Waals surface area contributed by atoms with Gasteiger partial charge in [-0.15, -0.1) is 0 Å². The molecule has 0 spiro atoms. The Morgan fingerprint density at radius 1 is 0.895 bits per heavy atom. The van der Waals surface area contributed by atoms with Crippen molar-refractivity contribution in [3.8, 4) is 11.5 Å². The molecular formula is C15H20O4. The van der Waals surface area contributed by atoms with Gasteiger partial charge in [-0.3, -0.25) is 9.59 Å². The Morgan fingerprint density at radius 3 is 1.89 bits per heavy atom. The van der Waals surface area contributed by atoms with Gasteiger partial charge >= 0.3 is 11.9 Å². The molecule has 0 aliphatic rings. The summed E-state index contributed by atoms with van der Waals surface area (Å²) in [5.41, 5.74) is 0. The molecule has 1 rings (SSSR count). The number of hydrogen-bond acceptors (Lipinski definition) is 4. The van der Waals surface area contributed by atoms with Gasteiger partial charge in [-0.05, 0) is 25.0 Å². The average molecular weight is 264 g/mol. The topological polar surface area (TPSA) is 52.6 Å². The lowest BCUT2D eigenvalue weighted by molar-refractivity contribution is -0.137. The second-order valence-corrected chi connectivity index (χ2v) is 4.25. The lowest BCUT2D eigenvalue weighted by atomic mass is 10.2. The number of hydrogen-bond donors (Lipinski definition) is 0. The molecule has 19 heavy (non-hydrogen) atoms. The highest BCUT2D eigenvalue weighted by atomic mass is 16.6. The molecule has 0 unspecified atom stereocenters.